The lowest BCUT2D eigenvalue weighted by molar-refractivity contribution is -0.129. The molecule has 18 heavy (non-hydrogen) atoms. The van der Waals surface area contributed by atoms with E-state index in [2.05, 4.69) is 5.10 Å². The minimum atomic E-state index is -1.07. The number of hydrazone groups is 1. The average molecular weight is 246 g/mol. The largest absolute Gasteiger partial charge is 0.477 e. The number of aryl methyl sites for hydroxylation is 2. The zero-order valence-corrected chi connectivity index (χ0v) is 10.3. The molecule has 0 aromatic heterocycles. The molecule has 0 aliphatic carbocycles. The monoisotopic (exact) mass is 246 g/mol. The van der Waals surface area contributed by atoms with Crippen LogP contribution in [0.25, 0.3) is 0 Å². The molecule has 0 saturated heterocycles. The van der Waals surface area contributed by atoms with E-state index >= 15 is 0 Å². The highest BCUT2D eigenvalue weighted by Gasteiger charge is 2.25. The number of carboxylic acid groups (broad SMARTS) is 1. The summed E-state index contributed by atoms with van der Waals surface area (Å²) < 4.78 is 0. The van der Waals surface area contributed by atoms with Crippen LogP contribution in [-0.4, -0.2) is 22.7 Å². The second kappa shape index (κ2) is 4.60. The van der Waals surface area contributed by atoms with Crippen molar-refractivity contribution in [1.29, 1.82) is 0 Å². The number of benzene rings is 1. The molecule has 0 saturated carbocycles. The molecule has 5 heteroatoms. The van der Waals surface area contributed by atoms with Gasteiger partial charge in [-0.2, -0.15) is 10.1 Å². The Morgan fingerprint density at radius 2 is 2.06 bits per heavy atom. The van der Waals surface area contributed by atoms with Crippen molar-refractivity contribution >= 4 is 23.3 Å². The Morgan fingerprint density at radius 3 is 2.67 bits per heavy atom. The van der Waals surface area contributed by atoms with Crippen LogP contribution >= 0.6 is 0 Å². The Morgan fingerprint density at radius 1 is 1.33 bits per heavy atom. The van der Waals surface area contributed by atoms with Crippen LogP contribution in [-0.2, 0) is 9.59 Å². The number of rotatable bonds is 2. The van der Waals surface area contributed by atoms with Gasteiger partial charge in [-0.05, 0) is 25.5 Å². The van der Waals surface area contributed by atoms with Crippen molar-refractivity contribution in [1.82, 2.24) is 0 Å². The first-order valence-corrected chi connectivity index (χ1v) is 5.70. The van der Waals surface area contributed by atoms with Crippen LogP contribution in [0.5, 0.6) is 0 Å². The van der Waals surface area contributed by atoms with Gasteiger partial charge in [0, 0.05) is 12.8 Å². The fraction of sp³-hybridized carbons (Fsp3) is 0.308. The lowest BCUT2D eigenvalue weighted by Crippen LogP contribution is -2.34. The van der Waals surface area contributed by atoms with Gasteiger partial charge in [0.15, 0.2) is 0 Å². The van der Waals surface area contributed by atoms with E-state index in [0.29, 0.717) is 5.69 Å². The van der Waals surface area contributed by atoms with Gasteiger partial charge in [0.05, 0.1) is 5.69 Å². The molecule has 2 rings (SSSR count). The van der Waals surface area contributed by atoms with Crippen LogP contribution in [0.15, 0.2) is 23.3 Å². The molecule has 0 bridgehead atoms. The van der Waals surface area contributed by atoms with E-state index in [1.165, 1.54) is 5.01 Å². The third-order valence-electron chi connectivity index (χ3n) is 2.86. The van der Waals surface area contributed by atoms with Crippen molar-refractivity contribution in [2.45, 2.75) is 26.7 Å². The number of carbonyl (C=O) groups is 2. The summed E-state index contributed by atoms with van der Waals surface area (Å²) in [6, 6.07) is 5.60. The second-order valence-electron chi connectivity index (χ2n) is 4.35. The summed E-state index contributed by atoms with van der Waals surface area (Å²) in [7, 11) is 0. The molecule has 94 valence electrons. The molecule has 1 aromatic carbocycles. The molecule has 1 amide bonds. The van der Waals surface area contributed by atoms with Gasteiger partial charge in [-0.25, -0.2) is 4.79 Å². The van der Waals surface area contributed by atoms with Crippen molar-refractivity contribution in [2.75, 3.05) is 5.01 Å². The number of aliphatic carboxylic acids is 1. The van der Waals surface area contributed by atoms with Gasteiger partial charge in [-0.1, -0.05) is 17.7 Å². The Hall–Kier alpha value is -2.17. The lowest BCUT2D eigenvalue weighted by atomic mass is 10.1. The van der Waals surface area contributed by atoms with E-state index < -0.39 is 5.97 Å². The minimum Gasteiger partial charge on any atom is -0.477 e. The van der Waals surface area contributed by atoms with Gasteiger partial charge < -0.3 is 5.11 Å². The van der Waals surface area contributed by atoms with Crippen LogP contribution < -0.4 is 5.01 Å². The summed E-state index contributed by atoms with van der Waals surface area (Å²) in [5.41, 5.74) is 2.65. The highest BCUT2D eigenvalue weighted by Crippen LogP contribution is 2.25. The normalized spacial score (nSPS) is 15.6. The first-order chi connectivity index (χ1) is 8.49. The zero-order valence-electron chi connectivity index (χ0n) is 10.3. The zero-order chi connectivity index (χ0) is 13.3. The number of carboxylic acids is 1. The molecule has 1 heterocycles. The number of nitrogens with zero attached hydrogens (tertiary/aromatic N) is 2. The van der Waals surface area contributed by atoms with Gasteiger partial charge >= 0.3 is 5.97 Å². The predicted molar refractivity (Wildman–Crippen MR) is 67.7 cm³/mol. The van der Waals surface area contributed by atoms with E-state index in [1.54, 1.807) is 6.07 Å². The molecule has 0 spiro atoms. The van der Waals surface area contributed by atoms with Crippen molar-refractivity contribution < 1.29 is 14.7 Å². The highest BCUT2D eigenvalue weighted by atomic mass is 16.4. The maximum absolute atomic E-state index is 11.8. The lowest BCUT2D eigenvalue weighted by Gasteiger charge is -2.23. The molecule has 0 radical (unpaired) electrons. The van der Waals surface area contributed by atoms with Gasteiger partial charge in [0.1, 0.15) is 5.71 Å². The maximum Gasteiger partial charge on any atom is 0.352 e. The van der Waals surface area contributed by atoms with Crippen LogP contribution in [0.4, 0.5) is 5.69 Å². The van der Waals surface area contributed by atoms with E-state index in [4.69, 9.17) is 5.11 Å². The third kappa shape index (κ3) is 2.25. The molecule has 1 aliphatic rings. The summed E-state index contributed by atoms with van der Waals surface area (Å²) in [5, 5.41) is 14.1. The predicted octanol–water partition coefficient (Wildman–Crippen LogP) is 1.87. The molecule has 0 atom stereocenters. The van der Waals surface area contributed by atoms with Crippen LogP contribution in [0.3, 0.4) is 0 Å². The first kappa shape index (κ1) is 12.3. The maximum atomic E-state index is 11.8. The van der Waals surface area contributed by atoms with Crippen LogP contribution in [0.2, 0.25) is 0 Å². The first-order valence-electron chi connectivity index (χ1n) is 5.70. The van der Waals surface area contributed by atoms with Crippen LogP contribution in [0.1, 0.15) is 24.0 Å². The average Bonchev–Trinajstić information content (AvgIpc) is 2.30. The minimum absolute atomic E-state index is 0.0228. The molecule has 5 nitrogen and oxygen atoms in total. The molecule has 0 unspecified atom stereocenters. The smallest absolute Gasteiger partial charge is 0.352 e. The number of carbonyl (C=O) groups excluding carboxylic acids is 1. The van der Waals surface area contributed by atoms with Gasteiger partial charge in [-0.3, -0.25) is 4.79 Å². The van der Waals surface area contributed by atoms with E-state index in [-0.39, 0.29) is 24.5 Å². The van der Waals surface area contributed by atoms with Gasteiger partial charge in [-0.15, -0.1) is 0 Å². The standard InChI is InChI=1S/C13H14N2O3/c1-8-3-5-11(9(2)7-8)15-12(16)6-4-10(14-15)13(17)18/h3,5,7H,4,6H2,1-2H3,(H,17,18). The summed E-state index contributed by atoms with van der Waals surface area (Å²) in [6.07, 6.45) is 0.369. The Balaban J connectivity index is 2.44. The summed E-state index contributed by atoms with van der Waals surface area (Å²) >= 11 is 0. The molecular weight excluding hydrogens is 232 g/mol. The third-order valence-corrected chi connectivity index (χ3v) is 2.86. The van der Waals surface area contributed by atoms with E-state index in [9.17, 15) is 9.59 Å². The van der Waals surface area contributed by atoms with E-state index in [1.807, 2.05) is 26.0 Å². The summed E-state index contributed by atoms with van der Waals surface area (Å²) in [4.78, 5) is 22.7. The highest BCUT2D eigenvalue weighted by molar-refractivity contribution is 6.37. The summed E-state index contributed by atoms with van der Waals surface area (Å²) in [5.74, 6) is -1.25. The number of hydrogen-bond acceptors (Lipinski definition) is 3. The SMILES string of the molecule is Cc1ccc(N2N=C(C(=O)O)CCC2=O)c(C)c1. The molecule has 0 fully saturated rings. The van der Waals surface area contributed by atoms with Crippen LogP contribution in [0, 0.1) is 13.8 Å². The van der Waals surface area contributed by atoms with Crippen molar-refractivity contribution in [3.05, 3.63) is 29.3 Å². The quantitative estimate of drug-likeness (QED) is 0.866. The fourth-order valence-corrected chi connectivity index (χ4v) is 1.94. The summed E-state index contributed by atoms with van der Waals surface area (Å²) in [6.45, 7) is 3.83. The Kier molecular flexibility index (Phi) is 3.14. The second-order valence-corrected chi connectivity index (χ2v) is 4.35. The molecular formula is C13H14N2O3. The molecule has 1 aliphatic heterocycles. The number of hydrogen-bond donors (Lipinski definition) is 1. The topological polar surface area (TPSA) is 70.0 Å². The Labute approximate surface area is 105 Å². The molecule has 1 aromatic rings. The fourth-order valence-electron chi connectivity index (χ4n) is 1.94. The van der Waals surface area contributed by atoms with Gasteiger partial charge in [0.2, 0.25) is 5.91 Å². The van der Waals surface area contributed by atoms with Gasteiger partial charge in [0.25, 0.3) is 0 Å². The molecule has 1 N–H and O–H groups in total. The van der Waals surface area contributed by atoms with Crippen molar-refractivity contribution in [2.24, 2.45) is 5.10 Å². The number of amides is 1. The van der Waals surface area contributed by atoms with E-state index in [0.717, 1.165) is 11.1 Å². The Bertz CT molecular complexity index is 549. The van der Waals surface area contributed by atoms with Crippen molar-refractivity contribution in [3.8, 4) is 0 Å². The van der Waals surface area contributed by atoms with Crippen molar-refractivity contribution in [3.63, 3.8) is 0 Å². The number of anilines is 1.